The van der Waals surface area contributed by atoms with Gasteiger partial charge in [-0.2, -0.15) is 0 Å². The van der Waals surface area contributed by atoms with Crippen LogP contribution in [0.5, 0.6) is 0 Å². The largest absolute Gasteiger partial charge is 0.377 e. The maximum atomic E-state index is 6.03. The lowest BCUT2D eigenvalue weighted by atomic mass is 9.84. The minimum absolute atomic E-state index is 0.00861. The average Bonchev–Trinajstić information content (AvgIpc) is 2.68. The molecule has 1 fully saturated rings. The fraction of sp³-hybridized carbons (Fsp3) is 0.733. The normalized spacial score (nSPS) is 21.0. The van der Waals surface area contributed by atoms with Crippen molar-refractivity contribution >= 4 is 27.3 Å². The van der Waals surface area contributed by atoms with E-state index in [9.17, 15) is 0 Å². The molecule has 1 aromatic heterocycles. The number of hydrogen-bond acceptors (Lipinski definition) is 3. The summed E-state index contributed by atoms with van der Waals surface area (Å²) in [5, 5.41) is 5.67. The zero-order valence-electron chi connectivity index (χ0n) is 11.9. The zero-order valence-corrected chi connectivity index (χ0v) is 14.3. The van der Waals surface area contributed by atoms with Crippen LogP contribution in [0.4, 0.5) is 0 Å². The van der Waals surface area contributed by atoms with Crippen molar-refractivity contribution in [3.63, 3.8) is 0 Å². The van der Waals surface area contributed by atoms with Crippen LogP contribution >= 0.6 is 27.3 Å². The van der Waals surface area contributed by atoms with Crippen molar-refractivity contribution in [1.29, 1.82) is 0 Å². The number of nitrogens with one attached hydrogen (secondary N) is 1. The second kappa shape index (κ2) is 7.21. The van der Waals surface area contributed by atoms with Crippen molar-refractivity contribution in [3.05, 3.63) is 20.8 Å². The first-order chi connectivity index (χ1) is 9.22. The van der Waals surface area contributed by atoms with Crippen LogP contribution in [0, 0.1) is 0 Å². The summed E-state index contributed by atoms with van der Waals surface area (Å²) >= 11 is 5.47. The molecular weight excluding hydrogens is 322 g/mol. The van der Waals surface area contributed by atoms with E-state index in [2.05, 4.69) is 39.7 Å². The predicted octanol–water partition coefficient (Wildman–Crippen LogP) is 4.38. The Balaban J connectivity index is 2.15. The Morgan fingerprint density at radius 3 is 2.53 bits per heavy atom. The van der Waals surface area contributed by atoms with Gasteiger partial charge in [-0.1, -0.05) is 25.7 Å². The number of halogens is 1. The van der Waals surface area contributed by atoms with E-state index in [0.717, 1.165) is 6.42 Å². The smallest absolute Gasteiger partial charge is 0.0834 e. The molecule has 1 saturated carbocycles. The lowest BCUT2D eigenvalue weighted by molar-refractivity contribution is -0.0507. The van der Waals surface area contributed by atoms with E-state index in [-0.39, 0.29) is 5.60 Å². The van der Waals surface area contributed by atoms with Crippen molar-refractivity contribution in [1.82, 2.24) is 5.32 Å². The van der Waals surface area contributed by atoms with Crippen LogP contribution < -0.4 is 5.32 Å². The fourth-order valence-corrected chi connectivity index (χ4v) is 4.79. The summed E-state index contributed by atoms with van der Waals surface area (Å²) < 4.78 is 7.26. The van der Waals surface area contributed by atoms with Gasteiger partial charge in [0, 0.05) is 28.9 Å². The number of ether oxygens (including phenoxy) is 1. The summed E-state index contributed by atoms with van der Waals surface area (Å²) in [4.78, 5) is 1.42. The third-order valence-electron chi connectivity index (χ3n) is 4.42. The first-order valence-corrected chi connectivity index (χ1v) is 8.83. The maximum Gasteiger partial charge on any atom is 0.0834 e. The van der Waals surface area contributed by atoms with Crippen molar-refractivity contribution in [2.24, 2.45) is 0 Å². The molecule has 1 atom stereocenters. The molecule has 19 heavy (non-hydrogen) atoms. The number of methoxy groups -OCH3 is 1. The van der Waals surface area contributed by atoms with E-state index in [4.69, 9.17) is 4.74 Å². The minimum atomic E-state index is 0.00861. The monoisotopic (exact) mass is 345 g/mol. The molecule has 2 rings (SSSR count). The van der Waals surface area contributed by atoms with Crippen molar-refractivity contribution in [2.75, 3.05) is 14.2 Å². The SMILES string of the molecule is CNC(Cc1sccc1Br)C1(OC)CCCCCC1. The molecule has 0 spiro atoms. The van der Waals surface area contributed by atoms with Crippen LogP contribution in [-0.2, 0) is 11.2 Å². The van der Waals surface area contributed by atoms with Gasteiger partial charge < -0.3 is 10.1 Å². The Hall–Kier alpha value is 0.1000. The van der Waals surface area contributed by atoms with E-state index in [1.807, 2.05) is 18.4 Å². The molecule has 4 heteroatoms. The first-order valence-electron chi connectivity index (χ1n) is 7.16. The van der Waals surface area contributed by atoms with Gasteiger partial charge in [-0.25, -0.2) is 0 Å². The Bertz CT molecular complexity index is 385. The molecular formula is C15H24BrNOS. The molecule has 0 aromatic carbocycles. The average molecular weight is 346 g/mol. The molecule has 0 aliphatic heterocycles. The van der Waals surface area contributed by atoms with E-state index >= 15 is 0 Å². The Morgan fingerprint density at radius 1 is 1.37 bits per heavy atom. The van der Waals surface area contributed by atoms with Gasteiger partial charge in [0.15, 0.2) is 0 Å². The van der Waals surface area contributed by atoms with E-state index in [0.29, 0.717) is 6.04 Å². The summed E-state index contributed by atoms with van der Waals surface area (Å²) in [5.41, 5.74) is 0.00861. The highest BCUT2D eigenvalue weighted by Crippen LogP contribution is 2.36. The lowest BCUT2D eigenvalue weighted by Gasteiger charge is -2.39. The molecule has 1 aromatic rings. The predicted molar refractivity (Wildman–Crippen MR) is 86.0 cm³/mol. The minimum Gasteiger partial charge on any atom is -0.377 e. The van der Waals surface area contributed by atoms with Crippen LogP contribution in [0.2, 0.25) is 0 Å². The first kappa shape index (κ1) is 15.5. The second-order valence-corrected chi connectivity index (χ2v) is 7.28. The highest BCUT2D eigenvalue weighted by Gasteiger charge is 2.38. The topological polar surface area (TPSA) is 21.3 Å². The highest BCUT2D eigenvalue weighted by molar-refractivity contribution is 9.10. The maximum absolute atomic E-state index is 6.03. The Kier molecular flexibility index (Phi) is 5.87. The molecule has 0 radical (unpaired) electrons. The fourth-order valence-electron chi connectivity index (χ4n) is 3.23. The van der Waals surface area contributed by atoms with Gasteiger partial charge in [-0.15, -0.1) is 11.3 Å². The second-order valence-electron chi connectivity index (χ2n) is 5.42. The zero-order chi connectivity index (χ0) is 13.7. The van der Waals surface area contributed by atoms with Crippen molar-refractivity contribution < 1.29 is 4.74 Å². The number of thiophene rings is 1. The van der Waals surface area contributed by atoms with E-state index < -0.39 is 0 Å². The molecule has 1 aliphatic carbocycles. The van der Waals surface area contributed by atoms with Crippen molar-refractivity contribution in [3.8, 4) is 0 Å². The molecule has 0 amide bonds. The number of hydrogen-bond donors (Lipinski definition) is 1. The van der Waals surface area contributed by atoms with Crippen LogP contribution in [0.15, 0.2) is 15.9 Å². The van der Waals surface area contributed by atoms with Gasteiger partial charge in [0.2, 0.25) is 0 Å². The van der Waals surface area contributed by atoms with Gasteiger partial charge >= 0.3 is 0 Å². The number of likely N-dealkylation sites (N-methyl/N-ethyl adjacent to an activating group) is 1. The summed E-state index contributed by atoms with van der Waals surface area (Å²) in [5.74, 6) is 0. The summed E-state index contributed by atoms with van der Waals surface area (Å²) in [6.07, 6.45) is 8.68. The molecule has 0 bridgehead atoms. The molecule has 1 aliphatic rings. The van der Waals surface area contributed by atoms with Crippen LogP contribution in [-0.4, -0.2) is 25.8 Å². The quantitative estimate of drug-likeness (QED) is 0.799. The molecule has 108 valence electrons. The van der Waals surface area contributed by atoms with Gasteiger partial charge in [-0.3, -0.25) is 0 Å². The van der Waals surface area contributed by atoms with Crippen LogP contribution in [0.3, 0.4) is 0 Å². The summed E-state index contributed by atoms with van der Waals surface area (Å²) in [6, 6.07) is 2.53. The van der Waals surface area contributed by atoms with Crippen LogP contribution in [0.25, 0.3) is 0 Å². The molecule has 1 unspecified atom stereocenters. The summed E-state index contributed by atoms with van der Waals surface area (Å²) in [7, 11) is 3.96. The van der Waals surface area contributed by atoms with Crippen molar-refractivity contribution in [2.45, 2.75) is 56.6 Å². The lowest BCUT2D eigenvalue weighted by Crippen LogP contribution is -2.52. The molecule has 0 saturated heterocycles. The molecule has 2 nitrogen and oxygen atoms in total. The van der Waals surface area contributed by atoms with Gasteiger partial charge in [-0.05, 0) is 47.3 Å². The van der Waals surface area contributed by atoms with Gasteiger partial charge in [0.1, 0.15) is 0 Å². The van der Waals surface area contributed by atoms with Gasteiger partial charge in [0.25, 0.3) is 0 Å². The molecule has 1 N–H and O–H groups in total. The third-order valence-corrected chi connectivity index (χ3v) is 6.37. The standard InChI is InChI=1S/C15H24BrNOS/c1-17-14(11-13-12(16)7-10-19-13)15(18-2)8-5-3-4-6-9-15/h7,10,14,17H,3-6,8-9,11H2,1-2H3. The van der Waals surface area contributed by atoms with Crippen LogP contribution in [0.1, 0.15) is 43.4 Å². The van der Waals surface area contributed by atoms with E-state index in [1.165, 1.54) is 47.9 Å². The molecule has 1 heterocycles. The highest BCUT2D eigenvalue weighted by atomic mass is 79.9. The van der Waals surface area contributed by atoms with E-state index in [1.54, 1.807) is 0 Å². The van der Waals surface area contributed by atoms with Gasteiger partial charge in [0.05, 0.1) is 5.60 Å². The number of rotatable bonds is 5. The summed E-state index contributed by atoms with van der Waals surface area (Å²) in [6.45, 7) is 0. The Labute approximate surface area is 129 Å². The Morgan fingerprint density at radius 2 is 2.05 bits per heavy atom. The third kappa shape index (κ3) is 3.60.